The maximum atomic E-state index is 13.0. The van der Waals surface area contributed by atoms with Crippen LogP contribution in [0.2, 0.25) is 5.02 Å². The van der Waals surface area contributed by atoms with Gasteiger partial charge in [0.2, 0.25) is 0 Å². The van der Waals surface area contributed by atoms with E-state index in [2.05, 4.69) is 22.2 Å². The average Bonchev–Trinajstić information content (AvgIpc) is 3.46. The number of halogens is 1. The van der Waals surface area contributed by atoms with E-state index >= 15 is 0 Å². The fraction of sp³-hybridized carbons (Fsp3) is 0.240. The molecule has 2 aromatic carbocycles. The first kappa shape index (κ1) is 21.2. The summed E-state index contributed by atoms with van der Waals surface area (Å²) in [6.45, 7) is 3.75. The second-order valence-corrected chi connectivity index (χ2v) is 9.45. The van der Waals surface area contributed by atoms with Crippen LogP contribution in [-0.2, 0) is 0 Å². The molecule has 1 atom stereocenters. The molecule has 5 nitrogen and oxygen atoms in total. The van der Waals surface area contributed by atoms with Crippen molar-refractivity contribution in [1.82, 2.24) is 9.80 Å². The van der Waals surface area contributed by atoms with Gasteiger partial charge in [-0.3, -0.25) is 9.69 Å². The number of thiophene rings is 1. The summed E-state index contributed by atoms with van der Waals surface area (Å²) in [7, 11) is 2.14. The molecule has 1 amide bonds. The number of anilines is 1. The number of amides is 1. The number of carbonyl (C=O) groups is 1. The van der Waals surface area contributed by atoms with Crippen LogP contribution in [0.15, 0.2) is 70.5 Å². The topological polar surface area (TPSA) is 48.7 Å². The van der Waals surface area contributed by atoms with Gasteiger partial charge >= 0.3 is 0 Å². The van der Waals surface area contributed by atoms with E-state index in [4.69, 9.17) is 16.0 Å². The van der Waals surface area contributed by atoms with Crippen molar-refractivity contribution < 1.29 is 9.21 Å². The van der Waals surface area contributed by atoms with Gasteiger partial charge in [0.1, 0.15) is 11.3 Å². The van der Waals surface area contributed by atoms with E-state index in [9.17, 15) is 4.79 Å². The van der Waals surface area contributed by atoms with Crippen molar-refractivity contribution in [2.75, 3.05) is 38.5 Å². The fourth-order valence-corrected chi connectivity index (χ4v) is 4.97. The number of benzene rings is 2. The van der Waals surface area contributed by atoms with E-state index in [0.29, 0.717) is 9.90 Å². The molecule has 0 radical (unpaired) electrons. The standard InChI is InChI=1S/C25H24ClN3O2S/c1-28-12-14-29(15-13-28)23(17-8-10-18(26)11-9-17)24-22(19-5-2-3-6-20(19)31-24)27-25(30)21-7-4-16-32-21/h2-11,16,23H,12-15H2,1H3,(H,27,30). The van der Waals surface area contributed by atoms with Gasteiger partial charge in [-0.2, -0.15) is 0 Å². The van der Waals surface area contributed by atoms with Crippen molar-refractivity contribution in [1.29, 1.82) is 0 Å². The minimum Gasteiger partial charge on any atom is -0.457 e. The van der Waals surface area contributed by atoms with Crippen LogP contribution < -0.4 is 5.32 Å². The molecule has 0 bridgehead atoms. The van der Waals surface area contributed by atoms with Gasteiger partial charge in [0.15, 0.2) is 0 Å². The van der Waals surface area contributed by atoms with E-state index in [1.165, 1.54) is 11.3 Å². The van der Waals surface area contributed by atoms with Gasteiger partial charge < -0.3 is 14.6 Å². The highest BCUT2D eigenvalue weighted by Gasteiger charge is 2.32. The zero-order valence-electron chi connectivity index (χ0n) is 17.8. The second-order valence-electron chi connectivity index (χ2n) is 8.06. The zero-order valence-corrected chi connectivity index (χ0v) is 19.3. The van der Waals surface area contributed by atoms with Crippen LogP contribution in [0.3, 0.4) is 0 Å². The molecule has 0 saturated carbocycles. The molecule has 1 unspecified atom stereocenters. The van der Waals surface area contributed by atoms with Crippen molar-refractivity contribution in [3.8, 4) is 0 Å². The molecule has 164 valence electrons. The first-order valence-corrected chi connectivity index (χ1v) is 11.9. The van der Waals surface area contributed by atoms with Crippen LogP contribution in [0.1, 0.15) is 27.0 Å². The van der Waals surface area contributed by atoms with Crippen LogP contribution in [0.25, 0.3) is 11.0 Å². The Morgan fingerprint density at radius 2 is 1.78 bits per heavy atom. The molecule has 5 rings (SSSR count). The zero-order chi connectivity index (χ0) is 22.1. The number of hydrogen-bond acceptors (Lipinski definition) is 5. The minimum absolute atomic E-state index is 0.124. The summed E-state index contributed by atoms with van der Waals surface area (Å²) in [5.74, 6) is 0.629. The predicted molar refractivity (Wildman–Crippen MR) is 131 cm³/mol. The number of piperazine rings is 1. The maximum Gasteiger partial charge on any atom is 0.265 e. The maximum absolute atomic E-state index is 13.0. The van der Waals surface area contributed by atoms with E-state index in [1.807, 2.05) is 66.0 Å². The minimum atomic E-state index is -0.132. The second kappa shape index (κ2) is 9.08. The lowest BCUT2D eigenvalue weighted by atomic mass is 10.00. The van der Waals surface area contributed by atoms with Gasteiger partial charge in [-0.15, -0.1) is 11.3 Å². The summed E-state index contributed by atoms with van der Waals surface area (Å²) in [6.07, 6.45) is 0. The number of carbonyl (C=O) groups excluding carboxylic acids is 1. The number of para-hydroxylation sites is 1. The number of furan rings is 1. The van der Waals surface area contributed by atoms with Crippen LogP contribution in [0, 0.1) is 0 Å². The van der Waals surface area contributed by atoms with E-state index in [1.54, 1.807) is 0 Å². The summed E-state index contributed by atoms with van der Waals surface area (Å²) in [6, 6.07) is 19.4. The third-order valence-corrected chi connectivity index (χ3v) is 7.06. The molecule has 2 aromatic heterocycles. The lowest BCUT2D eigenvalue weighted by Crippen LogP contribution is -2.46. The summed E-state index contributed by atoms with van der Waals surface area (Å²) in [5, 5.41) is 6.67. The Kier molecular flexibility index (Phi) is 6.02. The first-order chi connectivity index (χ1) is 15.6. The smallest absolute Gasteiger partial charge is 0.265 e. The fourth-order valence-electron chi connectivity index (χ4n) is 4.22. The molecule has 7 heteroatoms. The quantitative estimate of drug-likeness (QED) is 0.408. The molecular weight excluding hydrogens is 442 g/mol. The number of rotatable bonds is 5. The van der Waals surface area contributed by atoms with Gasteiger partial charge in [-0.05, 0) is 48.3 Å². The molecule has 32 heavy (non-hydrogen) atoms. The summed E-state index contributed by atoms with van der Waals surface area (Å²) in [4.78, 5) is 18.4. The Labute approximate surface area is 196 Å². The highest BCUT2D eigenvalue weighted by Crippen LogP contribution is 2.41. The molecule has 0 aliphatic carbocycles. The third kappa shape index (κ3) is 4.19. The number of fused-ring (bicyclic) bond motifs is 1. The Hall–Kier alpha value is -2.64. The molecule has 1 N–H and O–H groups in total. The number of hydrogen-bond donors (Lipinski definition) is 1. The Morgan fingerprint density at radius 1 is 1.03 bits per heavy atom. The van der Waals surface area contributed by atoms with Gasteiger partial charge in [0, 0.05) is 36.6 Å². The molecule has 1 aliphatic rings. The third-order valence-electron chi connectivity index (χ3n) is 5.94. The van der Waals surface area contributed by atoms with Crippen molar-refractivity contribution in [3.05, 3.63) is 87.3 Å². The number of likely N-dealkylation sites (N-methyl/N-ethyl adjacent to an activating group) is 1. The molecule has 4 aromatic rings. The average molecular weight is 466 g/mol. The summed E-state index contributed by atoms with van der Waals surface area (Å²) in [5.41, 5.74) is 2.58. The van der Waals surface area contributed by atoms with E-state index in [0.717, 1.165) is 54.2 Å². The Morgan fingerprint density at radius 3 is 2.50 bits per heavy atom. The summed E-state index contributed by atoms with van der Waals surface area (Å²) < 4.78 is 6.44. The Bertz CT molecular complexity index is 1210. The Balaban J connectivity index is 1.63. The van der Waals surface area contributed by atoms with Crippen molar-refractivity contribution in [3.63, 3.8) is 0 Å². The van der Waals surface area contributed by atoms with Crippen LogP contribution in [0.4, 0.5) is 5.69 Å². The predicted octanol–water partition coefficient (Wildman–Crippen LogP) is 5.74. The van der Waals surface area contributed by atoms with Gasteiger partial charge in [0.25, 0.3) is 5.91 Å². The highest BCUT2D eigenvalue weighted by molar-refractivity contribution is 7.12. The largest absolute Gasteiger partial charge is 0.457 e. The molecule has 1 aliphatic heterocycles. The van der Waals surface area contributed by atoms with Crippen LogP contribution >= 0.6 is 22.9 Å². The van der Waals surface area contributed by atoms with Crippen LogP contribution in [-0.4, -0.2) is 48.9 Å². The molecule has 1 saturated heterocycles. The van der Waals surface area contributed by atoms with Gasteiger partial charge in [0.05, 0.1) is 16.6 Å². The first-order valence-electron chi connectivity index (χ1n) is 10.6. The van der Waals surface area contributed by atoms with E-state index in [-0.39, 0.29) is 11.9 Å². The monoisotopic (exact) mass is 465 g/mol. The van der Waals surface area contributed by atoms with Gasteiger partial charge in [-0.1, -0.05) is 41.9 Å². The van der Waals surface area contributed by atoms with E-state index < -0.39 is 0 Å². The van der Waals surface area contributed by atoms with Crippen molar-refractivity contribution >= 4 is 45.5 Å². The van der Waals surface area contributed by atoms with Crippen molar-refractivity contribution in [2.24, 2.45) is 0 Å². The highest BCUT2D eigenvalue weighted by atomic mass is 35.5. The molecular formula is C25H24ClN3O2S. The van der Waals surface area contributed by atoms with Crippen LogP contribution in [0.5, 0.6) is 0 Å². The SMILES string of the molecule is CN1CCN(C(c2ccc(Cl)cc2)c2oc3ccccc3c2NC(=O)c2cccs2)CC1. The molecule has 1 fully saturated rings. The number of nitrogens with zero attached hydrogens (tertiary/aromatic N) is 2. The normalized spacial score (nSPS) is 16.3. The summed E-state index contributed by atoms with van der Waals surface area (Å²) >= 11 is 7.61. The molecule has 0 spiro atoms. The number of nitrogens with one attached hydrogen (secondary N) is 1. The lowest BCUT2D eigenvalue weighted by Gasteiger charge is -2.37. The lowest BCUT2D eigenvalue weighted by molar-refractivity contribution is 0.102. The molecule has 3 heterocycles. The van der Waals surface area contributed by atoms with Crippen molar-refractivity contribution in [2.45, 2.75) is 6.04 Å². The van der Waals surface area contributed by atoms with Gasteiger partial charge in [-0.25, -0.2) is 0 Å².